The molecule has 7 heteroatoms. The van der Waals surface area contributed by atoms with E-state index in [2.05, 4.69) is 0 Å². The van der Waals surface area contributed by atoms with Crippen LogP contribution < -0.4 is 0 Å². The van der Waals surface area contributed by atoms with E-state index in [1.165, 1.54) is 6.92 Å². The average molecular weight is 321 g/mol. The zero-order valence-electron chi connectivity index (χ0n) is 13.5. The molecule has 0 aromatic heterocycles. The number of nitrogens with zero attached hydrogens (tertiary/aromatic N) is 3. The van der Waals surface area contributed by atoms with Gasteiger partial charge in [-0.15, -0.1) is 0 Å². The topological polar surface area (TPSA) is 78.0 Å². The number of rotatable bonds is 2. The Balaban J connectivity index is 1.59. The Hall–Kier alpha value is -1.92. The van der Waals surface area contributed by atoms with E-state index >= 15 is 0 Å². The van der Waals surface area contributed by atoms with Crippen LogP contribution in [0.3, 0.4) is 0 Å². The number of hydrogen-bond donors (Lipinski definition) is 0. The molecule has 1 aliphatic carbocycles. The average Bonchev–Trinajstić information content (AvgIpc) is 3.08. The summed E-state index contributed by atoms with van der Waals surface area (Å²) in [6.07, 6.45) is 3.75. The highest BCUT2D eigenvalue weighted by atomic mass is 16.2. The molecule has 126 valence electrons. The molecule has 1 spiro atoms. The first-order chi connectivity index (χ1) is 10.9. The fourth-order valence-corrected chi connectivity index (χ4v) is 3.97. The Labute approximate surface area is 135 Å². The van der Waals surface area contributed by atoms with E-state index in [1.807, 2.05) is 0 Å². The fraction of sp³-hybridized carbons (Fsp3) is 0.750. The van der Waals surface area contributed by atoms with Crippen molar-refractivity contribution in [2.45, 2.75) is 39.0 Å². The van der Waals surface area contributed by atoms with Crippen LogP contribution in [0.5, 0.6) is 0 Å². The minimum atomic E-state index is -0.523. The number of likely N-dealkylation sites (tertiary alicyclic amines) is 1. The third-order valence-electron chi connectivity index (χ3n) is 5.42. The number of hydrogen-bond acceptors (Lipinski definition) is 4. The monoisotopic (exact) mass is 321 g/mol. The highest BCUT2D eigenvalue weighted by molar-refractivity contribution is 6.08. The quantitative estimate of drug-likeness (QED) is 0.671. The molecule has 0 atom stereocenters. The van der Waals surface area contributed by atoms with Crippen LogP contribution in [-0.2, 0) is 19.2 Å². The molecule has 2 heterocycles. The number of amides is 4. The van der Waals surface area contributed by atoms with Crippen molar-refractivity contribution in [3.8, 4) is 0 Å². The Morgan fingerprint density at radius 2 is 1.57 bits per heavy atom. The van der Waals surface area contributed by atoms with Gasteiger partial charge < -0.3 is 9.80 Å². The molecule has 3 fully saturated rings. The van der Waals surface area contributed by atoms with Crippen molar-refractivity contribution < 1.29 is 19.2 Å². The summed E-state index contributed by atoms with van der Waals surface area (Å²) in [6, 6.07) is 0. The lowest BCUT2D eigenvalue weighted by Gasteiger charge is -2.34. The Bertz CT molecular complexity index is 546. The van der Waals surface area contributed by atoms with Crippen molar-refractivity contribution in [2.75, 3.05) is 32.7 Å². The molecule has 0 N–H and O–H groups in total. The van der Waals surface area contributed by atoms with Crippen LogP contribution >= 0.6 is 0 Å². The molecule has 0 bridgehead atoms. The van der Waals surface area contributed by atoms with Crippen molar-refractivity contribution in [3.05, 3.63) is 0 Å². The second-order valence-corrected chi connectivity index (χ2v) is 6.84. The number of piperazine rings is 1. The van der Waals surface area contributed by atoms with Gasteiger partial charge in [0.1, 0.15) is 6.54 Å². The van der Waals surface area contributed by atoms with Crippen LogP contribution in [0.1, 0.15) is 39.0 Å². The normalized spacial score (nSPS) is 24.0. The largest absolute Gasteiger partial charge is 0.339 e. The maximum Gasteiger partial charge on any atom is 0.242 e. The molecule has 23 heavy (non-hydrogen) atoms. The Morgan fingerprint density at radius 3 is 2.13 bits per heavy atom. The first kappa shape index (κ1) is 16.0. The van der Waals surface area contributed by atoms with E-state index in [0.717, 1.165) is 30.6 Å². The number of carbonyl (C=O) groups excluding carboxylic acids is 4. The summed E-state index contributed by atoms with van der Waals surface area (Å²) in [7, 11) is 0. The van der Waals surface area contributed by atoms with E-state index in [4.69, 9.17) is 0 Å². The van der Waals surface area contributed by atoms with Gasteiger partial charge in [0.2, 0.25) is 23.6 Å². The first-order valence-electron chi connectivity index (χ1n) is 8.31. The fourth-order valence-electron chi connectivity index (χ4n) is 3.97. The summed E-state index contributed by atoms with van der Waals surface area (Å²) in [5, 5.41) is 0. The van der Waals surface area contributed by atoms with Crippen molar-refractivity contribution in [2.24, 2.45) is 5.41 Å². The van der Waals surface area contributed by atoms with Crippen molar-refractivity contribution in [1.29, 1.82) is 0 Å². The highest BCUT2D eigenvalue weighted by Crippen LogP contribution is 2.46. The second-order valence-electron chi connectivity index (χ2n) is 6.84. The zero-order chi connectivity index (χ0) is 16.6. The van der Waals surface area contributed by atoms with Crippen LogP contribution in [0, 0.1) is 5.41 Å². The molecule has 1 saturated carbocycles. The first-order valence-corrected chi connectivity index (χ1v) is 8.31. The molecule has 0 aromatic carbocycles. The predicted molar refractivity (Wildman–Crippen MR) is 81.1 cm³/mol. The van der Waals surface area contributed by atoms with E-state index in [1.54, 1.807) is 9.80 Å². The SMILES string of the molecule is CC(=O)N1CCN(C(=O)CN2C(=O)CC3(CCCC3)C2=O)CC1. The number of carbonyl (C=O) groups is 4. The van der Waals surface area contributed by atoms with Crippen LogP contribution in [-0.4, -0.2) is 71.1 Å². The molecule has 7 nitrogen and oxygen atoms in total. The summed E-state index contributed by atoms with van der Waals surface area (Å²) >= 11 is 0. The second kappa shape index (κ2) is 5.94. The van der Waals surface area contributed by atoms with Gasteiger partial charge in [-0.3, -0.25) is 24.1 Å². The standard InChI is InChI=1S/C16H23N3O4/c1-12(20)17-6-8-18(9-7-17)14(22)11-19-13(21)10-16(15(19)23)4-2-3-5-16/h2-11H2,1H3. The molecule has 3 aliphatic rings. The number of imide groups is 1. The minimum absolute atomic E-state index is 0.00479. The molecule has 4 amide bonds. The lowest BCUT2D eigenvalue weighted by atomic mass is 9.84. The van der Waals surface area contributed by atoms with Gasteiger partial charge in [0.05, 0.1) is 5.41 Å². The summed E-state index contributed by atoms with van der Waals surface area (Å²) in [4.78, 5) is 53.0. The lowest BCUT2D eigenvalue weighted by molar-refractivity contribution is -0.148. The smallest absolute Gasteiger partial charge is 0.242 e. The Morgan fingerprint density at radius 1 is 1.00 bits per heavy atom. The van der Waals surface area contributed by atoms with Gasteiger partial charge in [-0.05, 0) is 12.8 Å². The lowest BCUT2D eigenvalue weighted by Crippen LogP contribution is -2.52. The maximum atomic E-state index is 12.6. The maximum absolute atomic E-state index is 12.6. The van der Waals surface area contributed by atoms with Gasteiger partial charge >= 0.3 is 0 Å². The zero-order valence-corrected chi connectivity index (χ0v) is 13.5. The van der Waals surface area contributed by atoms with Crippen LogP contribution in [0.4, 0.5) is 0 Å². The van der Waals surface area contributed by atoms with Gasteiger partial charge in [0.15, 0.2) is 0 Å². The van der Waals surface area contributed by atoms with E-state index in [9.17, 15) is 19.2 Å². The van der Waals surface area contributed by atoms with Gasteiger partial charge in [-0.1, -0.05) is 12.8 Å². The van der Waals surface area contributed by atoms with E-state index < -0.39 is 5.41 Å². The molecular weight excluding hydrogens is 298 g/mol. The highest BCUT2D eigenvalue weighted by Gasteiger charge is 2.53. The molecule has 3 rings (SSSR count). The van der Waals surface area contributed by atoms with Crippen LogP contribution in [0.15, 0.2) is 0 Å². The summed E-state index contributed by atoms with van der Waals surface area (Å²) in [5.74, 6) is -0.571. The molecule has 0 radical (unpaired) electrons. The van der Waals surface area contributed by atoms with Crippen molar-refractivity contribution in [1.82, 2.24) is 14.7 Å². The van der Waals surface area contributed by atoms with Crippen molar-refractivity contribution in [3.63, 3.8) is 0 Å². The van der Waals surface area contributed by atoms with Gasteiger partial charge in [0, 0.05) is 39.5 Å². The third kappa shape index (κ3) is 2.84. The van der Waals surface area contributed by atoms with Crippen LogP contribution in [0.2, 0.25) is 0 Å². The molecule has 2 saturated heterocycles. The molecular formula is C16H23N3O4. The summed E-state index contributed by atoms with van der Waals surface area (Å²) in [6.45, 7) is 3.29. The van der Waals surface area contributed by atoms with E-state index in [-0.39, 0.29) is 36.6 Å². The van der Waals surface area contributed by atoms with Crippen molar-refractivity contribution >= 4 is 23.6 Å². The Kier molecular flexibility index (Phi) is 4.12. The summed E-state index contributed by atoms with van der Waals surface area (Å²) < 4.78 is 0. The minimum Gasteiger partial charge on any atom is -0.339 e. The molecule has 0 aromatic rings. The van der Waals surface area contributed by atoms with Gasteiger partial charge in [-0.2, -0.15) is 0 Å². The predicted octanol–water partition coefficient (Wildman–Crippen LogP) is -0.00360. The van der Waals surface area contributed by atoms with Crippen LogP contribution in [0.25, 0.3) is 0 Å². The molecule has 2 aliphatic heterocycles. The summed E-state index contributed by atoms with van der Waals surface area (Å²) in [5.41, 5.74) is -0.523. The van der Waals surface area contributed by atoms with E-state index in [0.29, 0.717) is 26.2 Å². The third-order valence-corrected chi connectivity index (χ3v) is 5.42. The van der Waals surface area contributed by atoms with Gasteiger partial charge in [-0.25, -0.2) is 0 Å². The van der Waals surface area contributed by atoms with Gasteiger partial charge in [0.25, 0.3) is 0 Å². The molecule has 0 unspecified atom stereocenters.